The quantitative estimate of drug-likeness (QED) is 0.757. The Morgan fingerprint density at radius 3 is 2.48 bits per heavy atom. The van der Waals surface area contributed by atoms with Gasteiger partial charge in [-0.15, -0.1) is 0 Å². The number of nitrogens with zero attached hydrogens (tertiary/aromatic N) is 2. The number of amides is 1. The molecule has 1 unspecified atom stereocenters. The molecule has 0 radical (unpaired) electrons. The summed E-state index contributed by atoms with van der Waals surface area (Å²) in [6.45, 7) is 7.91. The van der Waals surface area contributed by atoms with Crippen LogP contribution in [0.1, 0.15) is 37.8 Å². The minimum atomic E-state index is -3.34. The zero-order valence-corrected chi connectivity index (χ0v) is 16.2. The van der Waals surface area contributed by atoms with Crippen LogP contribution in [-0.2, 0) is 27.9 Å². The average molecular weight is 368 g/mol. The highest BCUT2D eigenvalue weighted by molar-refractivity contribution is 7.88. The Morgan fingerprint density at radius 1 is 1.24 bits per heavy atom. The zero-order valence-electron chi connectivity index (χ0n) is 15.4. The van der Waals surface area contributed by atoms with Crippen LogP contribution in [0.2, 0.25) is 0 Å². The van der Waals surface area contributed by atoms with E-state index in [2.05, 4.69) is 30.1 Å². The Kier molecular flexibility index (Phi) is 6.98. The number of nitrogens with one attached hydrogen (secondary N) is 1. The second-order valence-corrected chi connectivity index (χ2v) is 8.41. The predicted molar refractivity (Wildman–Crippen MR) is 99.5 cm³/mol. The SMILES string of the molecule is CCN(CC)Cc1ccccc1CNC(=O)C1CCCN1S(C)(=O)=O. The van der Waals surface area contributed by atoms with Gasteiger partial charge in [0.2, 0.25) is 15.9 Å². The van der Waals surface area contributed by atoms with Gasteiger partial charge in [-0.2, -0.15) is 4.31 Å². The summed E-state index contributed by atoms with van der Waals surface area (Å²) in [5.74, 6) is -0.208. The second-order valence-electron chi connectivity index (χ2n) is 6.48. The summed E-state index contributed by atoms with van der Waals surface area (Å²) in [4.78, 5) is 14.8. The molecule has 1 atom stereocenters. The van der Waals surface area contributed by atoms with Crippen LogP contribution >= 0.6 is 0 Å². The lowest BCUT2D eigenvalue weighted by Crippen LogP contribution is -2.45. The van der Waals surface area contributed by atoms with E-state index in [1.807, 2.05) is 18.2 Å². The van der Waals surface area contributed by atoms with Gasteiger partial charge in [0.05, 0.1) is 6.26 Å². The standard InChI is InChI=1S/C18H29N3O3S/c1-4-20(5-2)14-16-10-7-6-9-15(16)13-19-18(22)17-11-8-12-21(17)25(3,23)24/h6-7,9-10,17H,4-5,8,11-14H2,1-3H3,(H,19,22). The average Bonchev–Trinajstić information content (AvgIpc) is 3.08. The molecule has 1 aliphatic rings. The molecule has 1 heterocycles. The zero-order chi connectivity index (χ0) is 18.4. The van der Waals surface area contributed by atoms with Crippen molar-refractivity contribution in [1.82, 2.24) is 14.5 Å². The largest absolute Gasteiger partial charge is 0.351 e. The summed E-state index contributed by atoms with van der Waals surface area (Å²) in [6, 6.07) is 7.49. The molecule has 1 fully saturated rings. The Labute approximate surface area is 151 Å². The third-order valence-electron chi connectivity index (χ3n) is 4.79. The van der Waals surface area contributed by atoms with Gasteiger partial charge in [0.25, 0.3) is 0 Å². The smallest absolute Gasteiger partial charge is 0.238 e. The molecular weight excluding hydrogens is 338 g/mol. The van der Waals surface area contributed by atoms with Gasteiger partial charge in [0, 0.05) is 19.6 Å². The third-order valence-corrected chi connectivity index (χ3v) is 6.08. The van der Waals surface area contributed by atoms with Crippen molar-refractivity contribution in [2.24, 2.45) is 0 Å². The van der Waals surface area contributed by atoms with Crippen LogP contribution in [0, 0.1) is 0 Å². The first kappa shape index (κ1) is 19.9. The van der Waals surface area contributed by atoms with Gasteiger partial charge >= 0.3 is 0 Å². The van der Waals surface area contributed by atoms with E-state index >= 15 is 0 Å². The molecule has 1 N–H and O–H groups in total. The highest BCUT2D eigenvalue weighted by Gasteiger charge is 2.36. The lowest BCUT2D eigenvalue weighted by atomic mass is 10.1. The molecule has 0 aliphatic carbocycles. The molecule has 0 bridgehead atoms. The number of carbonyl (C=O) groups is 1. The van der Waals surface area contributed by atoms with Gasteiger partial charge in [-0.3, -0.25) is 9.69 Å². The van der Waals surface area contributed by atoms with Crippen molar-refractivity contribution in [3.63, 3.8) is 0 Å². The Bertz CT molecular complexity index is 687. The molecule has 1 aliphatic heterocycles. The van der Waals surface area contributed by atoms with Crippen molar-refractivity contribution in [3.8, 4) is 0 Å². The van der Waals surface area contributed by atoms with Crippen LogP contribution < -0.4 is 5.32 Å². The highest BCUT2D eigenvalue weighted by Crippen LogP contribution is 2.20. The lowest BCUT2D eigenvalue weighted by Gasteiger charge is -2.22. The molecule has 25 heavy (non-hydrogen) atoms. The molecule has 0 spiro atoms. The van der Waals surface area contributed by atoms with Crippen molar-refractivity contribution in [2.75, 3.05) is 25.9 Å². The fourth-order valence-corrected chi connectivity index (χ4v) is 4.40. The van der Waals surface area contributed by atoms with Crippen LogP contribution in [0.5, 0.6) is 0 Å². The molecular formula is C18H29N3O3S. The van der Waals surface area contributed by atoms with Crippen LogP contribution in [0.4, 0.5) is 0 Å². The minimum Gasteiger partial charge on any atom is -0.351 e. The van der Waals surface area contributed by atoms with E-state index in [9.17, 15) is 13.2 Å². The molecule has 2 rings (SSSR count). The maximum atomic E-state index is 12.5. The van der Waals surface area contributed by atoms with E-state index in [0.717, 1.165) is 37.9 Å². The lowest BCUT2D eigenvalue weighted by molar-refractivity contribution is -0.124. The van der Waals surface area contributed by atoms with E-state index in [0.29, 0.717) is 19.5 Å². The Morgan fingerprint density at radius 2 is 1.88 bits per heavy atom. The highest BCUT2D eigenvalue weighted by atomic mass is 32.2. The topological polar surface area (TPSA) is 69.7 Å². The summed E-state index contributed by atoms with van der Waals surface area (Å²) >= 11 is 0. The summed E-state index contributed by atoms with van der Waals surface area (Å²) in [5.41, 5.74) is 2.27. The molecule has 1 saturated heterocycles. The molecule has 0 aromatic heterocycles. The third kappa shape index (κ3) is 5.26. The van der Waals surface area contributed by atoms with Crippen molar-refractivity contribution in [3.05, 3.63) is 35.4 Å². The van der Waals surface area contributed by atoms with Crippen LogP contribution in [0.25, 0.3) is 0 Å². The molecule has 140 valence electrons. The van der Waals surface area contributed by atoms with Gasteiger partial charge in [0.1, 0.15) is 6.04 Å². The van der Waals surface area contributed by atoms with Crippen molar-refractivity contribution < 1.29 is 13.2 Å². The predicted octanol–water partition coefficient (Wildman–Crippen LogP) is 1.57. The van der Waals surface area contributed by atoms with Gasteiger partial charge < -0.3 is 5.32 Å². The summed E-state index contributed by atoms with van der Waals surface area (Å²) in [5, 5.41) is 2.93. The molecule has 1 amide bonds. The maximum Gasteiger partial charge on any atom is 0.238 e. The van der Waals surface area contributed by atoms with E-state index in [1.54, 1.807) is 0 Å². The Balaban J connectivity index is 2.02. The van der Waals surface area contributed by atoms with Crippen LogP contribution in [-0.4, -0.2) is 55.5 Å². The number of rotatable bonds is 8. The number of benzene rings is 1. The van der Waals surface area contributed by atoms with Crippen LogP contribution in [0.15, 0.2) is 24.3 Å². The van der Waals surface area contributed by atoms with Crippen molar-refractivity contribution >= 4 is 15.9 Å². The molecule has 7 heteroatoms. The fourth-order valence-electron chi connectivity index (χ4n) is 3.27. The maximum absolute atomic E-state index is 12.5. The van der Waals surface area contributed by atoms with Gasteiger partial charge in [0.15, 0.2) is 0 Å². The first-order chi connectivity index (χ1) is 11.9. The number of hydrogen-bond acceptors (Lipinski definition) is 4. The monoisotopic (exact) mass is 367 g/mol. The number of hydrogen-bond donors (Lipinski definition) is 1. The first-order valence-electron chi connectivity index (χ1n) is 8.90. The van der Waals surface area contributed by atoms with Gasteiger partial charge in [-0.1, -0.05) is 38.1 Å². The van der Waals surface area contributed by atoms with E-state index < -0.39 is 16.1 Å². The summed E-state index contributed by atoms with van der Waals surface area (Å²) in [6.07, 6.45) is 2.47. The normalized spacial score (nSPS) is 18.6. The minimum absolute atomic E-state index is 0.208. The van der Waals surface area contributed by atoms with Gasteiger partial charge in [-0.25, -0.2) is 8.42 Å². The molecule has 0 saturated carbocycles. The molecule has 1 aromatic rings. The molecule has 1 aromatic carbocycles. The van der Waals surface area contributed by atoms with Crippen LogP contribution in [0.3, 0.4) is 0 Å². The Hall–Kier alpha value is -1.44. The summed E-state index contributed by atoms with van der Waals surface area (Å²) < 4.78 is 24.9. The van der Waals surface area contributed by atoms with E-state index in [-0.39, 0.29) is 5.91 Å². The number of sulfonamides is 1. The second kappa shape index (κ2) is 8.78. The van der Waals surface area contributed by atoms with E-state index in [4.69, 9.17) is 0 Å². The summed E-state index contributed by atoms with van der Waals surface area (Å²) in [7, 11) is -3.34. The van der Waals surface area contributed by atoms with Gasteiger partial charge in [-0.05, 0) is 37.1 Å². The van der Waals surface area contributed by atoms with Crippen molar-refractivity contribution in [2.45, 2.75) is 45.8 Å². The van der Waals surface area contributed by atoms with Crippen molar-refractivity contribution in [1.29, 1.82) is 0 Å². The fraction of sp³-hybridized carbons (Fsp3) is 0.611. The molecule has 6 nitrogen and oxygen atoms in total. The first-order valence-corrected chi connectivity index (χ1v) is 10.7. The number of carbonyl (C=O) groups excluding carboxylic acids is 1. The van der Waals surface area contributed by atoms with E-state index in [1.165, 1.54) is 9.87 Å².